The molecule has 0 amide bonds. The summed E-state index contributed by atoms with van der Waals surface area (Å²) in [5.41, 5.74) is 6.47. The van der Waals surface area contributed by atoms with Crippen LogP contribution in [-0.4, -0.2) is 31.3 Å². The van der Waals surface area contributed by atoms with Crippen LogP contribution in [0.5, 0.6) is 0 Å². The molecule has 6 nitrogen and oxygen atoms in total. The summed E-state index contributed by atoms with van der Waals surface area (Å²) in [4.78, 5) is 5.41. The molecular weight excluding hydrogens is 280 g/mol. The fraction of sp³-hybridized carbons (Fsp3) is 0.455. The van der Waals surface area contributed by atoms with Crippen LogP contribution < -0.4 is 5.73 Å². The Kier molecular flexibility index (Phi) is 2.61. The Balaban J connectivity index is 1.73. The molecule has 98 valence electrons. The van der Waals surface area contributed by atoms with Gasteiger partial charge in [-0.3, -0.25) is 0 Å². The minimum Gasteiger partial charge on any atom is -0.330 e. The van der Waals surface area contributed by atoms with Gasteiger partial charge in [0.2, 0.25) is 4.96 Å². The molecule has 0 radical (unpaired) electrons. The highest BCUT2D eigenvalue weighted by molar-refractivity contribution is 7.20. The Morgan fingerprint density at radius 1 is 1.37 bits per heavy atom. The fourth-order valence-corrected chi connectivity index (χ4v) is 3.66. The van der Waals surface area contributed by atoms with E-state index < -0.39 is 0 Å². The molecule has 0 atom stereocenters. The molecule has 1 saturated carbocycles. The molecule has 1 aliphatic carbocycles. The summed E-state index contributed by atoms with van der Waals surface area (Å²) in [6.07, 6.45) is 3.22. The third kappa shape index (κ3) is 1.96. The van der Waals surface area contributed by atoms with Gasteiger partial charge in [-0.05, 0) is 19.4 Å². The molecule has 0 saturated heterocycles. The summed E-state index contributed by atoms with van der Waals surface area (Å²) in [7, 11) is 0. The predicted octanol–water partition coefficient (Wildman–Crippen LogP) is 1.69. The largest absolute Gasteiger partial charge is 0.330 e. The standard InChI is InChI=1S/C11H12N6S2/c12-4-3-8-13-7(5-18-8)10-16-17-9(6-1-2-6)14-15-11(17)19-10/h5-6H,1-4,12H2. The van der Waals surface area contributed by atoms with Crippen LogP contribution in [0.1, 0.15) is 29.6 Å². The number of nitrogens with two attached hydrogens (primary N) is 1. The smallest absolute Gasteiger partial charge is 0.235 e. The van der Waals surface area contributed by atoms with E-state index in [1.54, 1.807) is 11.3 Å². The van der Waals surface area contributed by atoms with Crippen LogP contribution in [0, 0.1) is 0 Å². The SMILES string of the molecule is NCCc1nc(-c2nn3c(C4CC4)nnc3s2)cs1. The van der Waals surface area contributed by atoms with Crippen LogP contribution in [0.25, 0.3) is 15.7 Å². The minimum absolute atomic E-state index is 0.549. The van der Waals surface area contributed by atoms with E-state index in [1.165, 1.54) is 24.2 Å². The lowest BCUT2D eigenvalue weighted by atomic mass is 10.4. The van der Waals surface area contributed by atoms with Crippen LogP contribution >= 0.6 is 22.7 Å². The lowest BCUT2D eigenvalue weighted by Gasteiger charge is -1.90. The first-order valence-electron chi connectivity index (χ1n) is 6.22. The first kappa shape index (κ1) is 11.4. The van der Waals surface area contributed by atoms with Crippen LogP contribution in [0.4, 0.5) is 0 Å². The molecule has 8 heteroatoms. The highest BCUT2D eigenvalue weighted by Gasteiger charge is 2.30. The lowest BCUT2D eigenvalue weighted by molar-refractivity contribution is 0.827. The maximum atomic E-state index is 5.54. The quantitative estimate of drug-likeness (QED) is 0.791. The molecular formula is C11H12N6S2. The molecule has 1 aliphatic rings. The zero-order chi connectivity index (χ0) is 12.8. The number of aromatic nitrogens is 5. The summed E-state index contributed by atoms with van der Waals surface area (Å²) in [5.74, 6) is 1.54. The normalized spacial score (nSPS) is 15.4. The van der Waals surface area contributed by atoms with Crippen LogP contribution in [0.2, 0.25) is 0 Å². The van der Waals surface area contributed by atoms with E-state index in [2.05, 4.69) is 20.3 Å². The molecule has 3 aromatic rings. The maximum Gasteiger partial charge on any atom is 0.235 e. The van der Waals surface area contributed by atoms with Crippen molar-refractivity contribution in [2.45, 2.75) is 25.2 Å². The van der Waals surface area contributed by atoms with Crippen molar-refractivity contribution in [3.63, 3.8) is 0 Å². The van der Waals surface area contributed by atoms with E-state index in [9.17, 15) is 0 Å². The van der Waals surface area contributed by atoms with Gasteiger partial charge in [0.05, 0.1) is 5.01 Å². The molecule has 1 fully saturated rings. The van der Waals surface area contributed by atoms with Gasteiger partial charge in [-0.25, -0.2) is 4.98 Å². The number of nitrogens with zero attached hydrogens (tertiary/aromatic N) is 5. The van der Waals surface area contributed by atoms with E-state index in [1.807, 2.05) is 9.90 Å². The van der Waals surface area contributed by atoms with Crippen molar-refractivity contribution in [2.75, 3.05) is 6.54 Å². The van der Waals surface area contributed by atoms with E-state index >= 15 is 0 Å². The summed E-state index contributed by atoms with van der Waals surface area (Å²) in [6, 6.07) is 0. The van der Waals surface area contributed by atoms with Gasteiger partial charge in [0.25, 0.3) is 0 Å². The summed E-state index contributed by atoms with van der Waals surface area (Å²) >= 11 is 3.17. The number of hydrogen-bond donors (Lipinski definition) is 1. The van der Waals surface area contributed by atoms with Crippen molar-refractivity contribution < 1.29 is 0 Å². The molecule has 0 spiro atoms. The van der Waals surface area contributed by atoms with E-state index in [0.29, 0.717) is 12.5 Å². The zero-order valence-electron chi connectivity index (χ0n) is 10.1. The Morgan fingerprint density at radius 3 is 3.05 bits per heavy atom. The Hall–Kier alpha value is -1.38. The number of thiazole rings is 1. The van der Waals surface area contributed by atoms with Gasteiger partial charge in [-0.15, -0.1) is 21.5 Å². The Bertz CT molecular complexity index is 723. The van der Waals surface area contributed by atoms with E-state index in [-0.39, 0.29) is 0 Å². The third-order valence-electron chi connectivity index (χ3n) is 3.09. The molecule has 3 aromatic heterocycles. The molecule has 4 rings (SSSR count). The molecule has 3 heterocycles. The van der Waals surface area contributed by atoms with Crippen molar-refractivity contribution in [3.05, 3.63) is 16.2 Å². The van der Waals surface area contributed by atoms with Gasteiger partial charge in [0.1, 0.15) is 5.69 Å². The van der Waals surface area contributed by atoms with Crippen molar-refractivity contribution in [3.8, 4) is 10.7 Å². The average Bonchev–Trinajstić information content (AvgIpc) is 2.85. The van der Waals surface area contributed by atoms with Gasteiger partial charge >= 0.3 is 0 Å². The molecule has 2 N–H and O–H groups in total. The van der Waals surface area contributed by atoms with Gasteiger partial charge in [0, 0.05) is 17.7 Å². The first-order chi connectivity index (χ1) is 9.35. The second-order valence-corrected chi connectivity index (χ2v) is 6.50. The second-order valence-electron chi connectivity index (χ2n) is 4.60. The molecule has 0 unspecified atom stereocenters. The molecule has 19 heavy (non-hydrogen) atoms. The lowest BCUT2D eigenvalue weighted by Crippen LogP contribution is -2.02. The van der Waals surface area contributed by atoms with E-state index in [4.69, 9.17) is 5.73 Å². The Morgan fingerprint density at radius 2 is 2.26 bits per heavy atom. The number of hydrogen-bond acceptors (Lipinski definition) is 7. The van der Waals surface area contributed by atoms with Crippen LogP contribution in [-0.2, 0) is 6.42 Å². The first-order valence-corrected chi connectivity index (χ1v) is 7.92. The van der Waals surface area contributed by atoms with Gasteiger partial charge in [-0.2, -0.15) is 9.61 Å². The molecule has 0 bridgehead atoms. The predicted molar refractivity (Wildman–Crippen MR) is 74.5 cm³/mol. The van der Waals surface area contributed by atoms with Crippen LogP contribution in [0.3, 0.4) is 0 Å². The highest BCUT2D eigenvalue weighted by Crippen LogP contribution is 2.39. The minimum atomic E-state index is 0.549. The fourth-order valence-electron chi connectivity index (χ4n) is 1.98. The van der Waals surface area contributed by atoms with Crippen LogP contribution in [0.15, 0.2) is 5.38 Å². The topological polar surface area (TPSA) is 82.0 Å². The second kappa shape index (κ2) is 4.32. The maximum absolute atomic E-state index is 5.54. The van der Waals surface area contributed by atoms with Gasteiger partial charge in [-0.1, -0.05) is 11.3 Å². The summed E-state index contributed by atoms with van der Waals surface area (Å²) in [6.45, 7) is 0.629. The third-order valence-corrected chi connectivity index (χ3v) is 4.92. The van der Waals surface area contributed by atoms with Crippen molar-refractivity contribution in [2.24, 2.45) is 5.73 Å². The molecule has 0 aromatic carbocycles. The monoisotopic (exact) mass is 292 g/mol. The van der Waals surface area contributed by atoms with Gasteiger partial charge < -0.3 is 5.73 Å². The highest BCUT2D eigenvalue weighted by atomic mass is 32.1. The number of fused-ring (bicyclic) bond motifs is 1. The van der Waals surface area contributed by atoms with Crippen molar-refractivity contribution in [1.29, 1.82) is 0 Å². The van der Waals surface area contributed by atoms with Crippen molar-refractivity contribution in [1.82, 2.24) is 24.8 Å². The Labute approximate surface area is 117 Å². The van der Waals surface area contributed by atoms with Gasteiger partial charge in [0.15, 0.2) is 10.8 Å². The average molecular weight is 292 g/mol. The summed E-state index contributed by atoms with van der Waals surface area (Å²) in [5, 5.41) is 17.0. The summed E-state index contributed by atoms with van der Waals surface area (Å²) < 4.78 is 1.87. The van der Waals surface area contributed by atoms with Crippen molar-refractivity contribution >= 4 is 27.6 Å². The van der Waals surface area contributed by atoms with E-state index in [0.717, 1.165) is 32.9 Å². The zero-order valence-corrected chi connectivity index (χ0v) is 11.7. The molecule has 0 aliphatic heterocycles. The number of rotatable bonds is 4.